The fourth-order valence-electron chi connectivity index (χ4n) is 1.07. The molecule has 0 aliphatic heterocycles. The molecule has 0 amide bonds. The van der Waals surface area contributed by atoms with Crippen LogP contribution >= 0.6 is 0 Å². The Bertz CT molecular complexity index is 528. The normalized spacial score (nSPS) is 12.4. The van der Waals surface area contributed by atoms with Gasteiger partial charge in [0.25, 0.3) is 10.2 Å². The van der Waals surface area contributed by atoms with Gasteiger partial charge in [0.2, 0.25) is 0 Å². The molecule has 0 spiro atoms. The monoisotopic (exact) mass is 283 g/mol. The number of nitrogens with two attached hydrogens (primary N) is 1. The highest BCUT2D eigenvalue weighted by Gasteiger charge is 2.29. The molecule has 0 unspecified atom stereocenters. The Hall–Kier alpha value is -1.48. The molecule has 9 heteroatoms. The molecule has 0 heterocycles. The lowest BCUT2D eigenvalue weighted by Crippen LogP contribution is -2.37. The van der Waals surface area contributed by atoms with Crippen LogP contribution in [0.15, 0.2) is 18.2 Å². The number of rotatable bonds is 4. The van der Waals surface area contributed by atoms with Crippen LogP contribution in [0.1, 0.15) is 5.56 Å². The van der Waals surface area contributed by atoms with E-state index in [0.29, 0.717) is 5.69 Å². The largest absolute Gasteiger partial charge is 0.402 e. The number of hydrogen-bond donors (Lipinski definition) is 3. The summed E-state index contributed by atoms with van der Waals surface area (Å²) in [4.78, 5) is 0. The molecular weight excluding hydrogens is 271 g/mol. The first-order chi connectivity index (χ1) is 8.09. The van der Waals surface area contributed by atoms with Gasteiger partial charge in [-0.25, -0.2) is 0 Å². The average molecular weight is 283 g/mol. The van der Waals surface area contributed by atoms with Gasteiger partial charge in [0, 0.05) is 5.69 Å². The quantitative estimate of drug-likeness (QED) is 0.730. The molecule has 4 N–H and O–H groups in total. The van der Waals surface area contributed by atoms with Gasteiger partial charge in [-0.1, -0.05) is 6.07 Å². The lowest BCUT2D eigenvalue weighted by Gasteiger charge is -2.12. The minimum Gasteiger partial charge on any atom is -0.398 e. The maximum absolute atomic E-state index is 11.9. The fraction of sp³-hybridized carbons (Fsp3) is 0.333. The van der Waals surface area contributed by atoms with Gasteiger partial charge in [0.1, 0.15) is 6.54 Å². The maximum atomic E-state index is 11.9. The van der Waals surface area contributed by atoms with Crippen molar-refractivity contribution in [2.24, 2.45) is 0 Å². The zero-order valence-electron chi connectivity index (χ0n) is 9.38. The van der Waals surface area contributed by atoms with Crippen molar-refractivity contribution in [2.45, 2.75) is 13.1 Å². The lowest BCUT2D eigenvalue weighted by molar-refractivity contribution is -0.121. The number of hydrogen-bond acceptors (Lipinski definition) is 3. The first-order valence-electron chi connectivity index (χ1n) is 4.79. The van der Waals surface area contributed by atoms with Crippen molar-refractivity contribution in [1.82, 2.24) is 4.72 Å². The first-order valence-corrected chi connectivity index (χ1v) is 6.28. The zero-order valence-corrected chi connectivity index (χ0v) is 10.2. The maximum Gasteiger partial charge on any atom is 0.402 e. The van der Waals surface area contributed by atoms with Gasteiger partial charge in [0.05, 0.1) is 5.69 Å². The number of benzene rings is 1. The fourth-order valence-corrected chi connectivity index (χ4v) is 1.94. The van der Waals surface area contributed by atoms with E-state index in [0.717, 1.165) is 5.56 Å². The Balaban J connectivity index is 2.74. The van der Waals surface area contributed by atoms with Crippen LogP contribution in [0.4, 0.5) is 24.5 Å². The summed E-state index contributed by atoms with van der Waals surface area (Å²) in [6.45, 7) is 0.0825. The van der Waals surface area contributed by atoms with Gasteiger partial charge in [-0.3, -0.25) is 4.72 Å². The number of halogens is 3. The van der Waals surface area contributed by atoms with Crippen molar-refractivity contribution in [3.05, 3.63) is 23.8 Å². The van der Waals surface area contributed by atoms with Gasteiger partial charge >= 0.3 is 6.18 Å². The van der Waals surface area contributed by atoms with Crippen LogP contribution in [-0.4, -0.2) is 21.1 Å². The van der Waals surface area contributed by atoms with Crippen molar-refractivity contribution in [1.29, 1.82) is 0 Å². The number of nitrogen functional groups attached to an aromatic ring is 1. The molecule has 0 aliphatic carbocycles. The molecule has 0 aliphatic rings. The van der Waals surface area contributed by atoms with E-state index < -0.39 is 22.9 Å². The van der Waals surface area contributed by atoms with Gasteiger partial charge in [-0.15, -0.1) is 0 Å². The van der Waals surface area contributed by atoms with E-state index in [9.17, 15) is 21.6 Å². The molecule has 0 fully saturated rings. The van der Waals surface area contributed by atoms with Crippen molar-refractivity contribution in [2.75, 3.05) is 17.0 Å². The molecule has 1 aromatic rings. The average Bonchev–Trinajstić information content (AvgIpc) is 2.20. The smallest absolute Gasteiger partial charge is 0.398 e. The van der Waals surface area contributed by atoms with Crippen LogP contribution in [0, 0.1) is 6.92 Å². The van der Waals surface area contributed by atoms with Gasteiger partial charge in [0.15, 0.2) is 0 Å². The molecule has 1 aromatic carbocycles. The molecule has 0 saturated carbocycles. The number of aryl methyl sites for hydroxylation is 1. The summed E-state index contributed by atoms with van der Waals surface area (Å²) < 4.78 is 61.5. The second kappa shape index (κ2) is 5.02. The standard InChI is InChI=1S/C9H12F3N3O2S/c1-6-2-3-7(4-8(6)13)15-18(16,17)14-5-9(10,11)12/h2-4,14-15H,5,13H2,1H3. The predicted molar refractivity (Wildman–Crippen MR) is 62.2 cm³/mol. The van der Waals surface area contributed by atoms with Crippen LogP contribution in [0.25, 0.3) is 0 Å². The van der Waals surface area contributed by atoms with Crippen LogP contribution in [0.2, 0.25) is 0 Å². The SMILES string of the molecule is Cc1ccc(NS(=O)(=O)NCC(F)(F)F)cc1N. The topological polar surface area (TPSA) is 84.2 Å². The molecule has 5 nitrogen and oxygen atoms in total. The van der Waals surface area contributed by atoms with E-state index in [1.807, 2.05) is 4.72 Å². The van der Waals surface area contributed by atoms with Crippen LogP contribution in [-0.2, 0) is 10.2 Å². The van der Waals surface area contributed by atoms with Crippen molar-refractivity contribution < 1.29 is 21.6 Å². The van der Waals surface area contributed by atoms with Crippen molar-refractivity contribution in [3.8, 4) is 0 Å². The predicted octanol–water partition coefficient (Wildman–Crippen LogP) is 1.39. The van der Waals surface area contributed by atoms with E-state index in [1.165, 1.54) is 16.9 Å². The Labute approximate surface area is 102 Å². The number of nitrogens with one attached hydrogen (secondary N) is 2. The lowest BCUT2D eigenvalue weighted by atomic mass is 10.2. The summed E-state index contributed by atoms with van der Waals surface area (Å²) in [6, 6.07) is 4.28. The van der Waals surface area contributed by atoms with E-state index in [2.05, 4.69) is 0 Å². The van der Waals surface area contributed by atoms with E-state index >= 15 is 0 Å². The Morgan fingerprint density at radius 2 is 1.94 bits per heavy atom. The van der Waals surface area contributed by atoms with Gasteiger partial charge in [-0.2, -0.15) is 26.3 Å². The second-order valence-corrected chi connectivity index (χ2v) is 5.11. The third-order valence-corrected chi connectivity index (χ3v) is 3.02. The zero-order chi connectivity index (χ0) is 14.0. The Morgan fingerprint density at radius 1 is 1.33 bits per heavy atom. The summed E-state index contributed by atoms with van der Waals surface area (Å²) >= 11 is 0. The third-order valence-electron chi connectivity index (χ3n) is 1.99. The van der Waals surface area contributed by atoms with Gasteiger partial charge in [-0.05, 0) is 24.6 Å². The molecule has 0 atom stereocenters. The highest BCUT2D eigenvalue weighted by Crippen LogP contribution is 2.18. The Morgan fingerprint density at radius 3 is 2.44 bits per heavy atom. The van der Waals surface area contributed by atoms with Crippen LogP contribution in [0.3, 0.4) is 0 Å². The summed E-state index contributed by atoms with van der Waals surface area (Å²) in [5, 5.41) is 0. The molecule has 18 heavy (non-hydrogen) atoms. The minimum absolute atomic E-state index is 0.0905. The van der Waals surface area contributed by atoms with E-state index in [4.69, 9.17) is 5.73 Å². The van der Waals surface area contributed by atoms with Crippen LogP contribution in [0.5, 0.6) is 0 Å². The molecule has 0 bridgehead atoms. The number of anilines is 2. The molecule has 1 rings (SSSR count). The number of alkyl halides is 3. The summed E-state index contributed by atoms with van der Waals surface area (Å²) in [7, 11) is -4.27. The first kappa shape index (κ1) is 14.6. The highest BCUT2D eigenvalue weighted by molar-refractivity contribution is 7.90. The molecule has 102 valence electrons. The second-order valence-electron chi connectivity index (χ2n) is 3.61. The van der Waals surface area contributed by atoms with E-state index in [-0.39, 0.29) is 5.69 Å². The Kier molecular flexibility index (Phi) is 4.07. The highest BCUT2D eigenvalue weighted by atomic mass is 32.2. The molecule has 0 aromatic heterocycles. The summed E-state index contributed by atoms with van der Waals surface area (Å²) in [5.74, 6) is 0. The van der Waals surface area contributed by atoms with Crippen LogP contribution < -0.4 is 15.2 Å². The molecule has 0 saturated heterocycles. The van der Waals surface area contributed by atoms with E-state index in [1.54, 1.807) is 13.0 Å². The van der Waals surface area contributed by atoms with Crippen molar-refractivity contribution in [3.63, 3.8) is 0 Å². The molecule has 0 radical (unpaired) electrons. The minimum atomic E-state index is -4.61. The third kappa shape index (κ3) is 4.80. The summed E-state index contributed by atoms with van der Waals surface area (Å²) in [5.41, 5.74) is 6.71. The molecular formula is C9H12F3N3O2S. The summed E-state index contributed by atoms with van der Waals surface area (Å²) in [6.07, 6.45) is -4.61. The van der Waals surface area contributed by atoms with Gasteiger partial charge < -0.3 is 5.73 Å². The van der Waals surface area contributed by atoms with Crippen molar-refractivity contribution >= 4 is 21.6 Å².